The molecular formula is C28H52N4O6. The van der Waals surface area contributed by atoms with E-state index in [1.807, 2.05) is 0 Å². The Morgan fingerprint density at radius 1 is 0.526 bits per heavy atom. The van der Waals surface area contributed by atoms with Gasteiger partial charge < -0.3 is 30.3 Å². The zero-order valence-electron chi connectivity index (χ0n) is 24.0. The highest BCUT2D eigenvalue weighted by Crippen LogP contribution is 2.07. The molecule has 3 N–H and O–H groups in total. The van der Waals surface area contributed by atoms with Crippen molar-refractivity contribution in [2.24, 2.45) is 0 Å². The van der Waals surface area contributed by atoms with E-state index in [2.05, 4.69) is 20.7 Å². The minimum atomic E-state index is -0.448. The second-order valence-electron chi connectivity index (χ2n) is 9.89. The molecule has 10 heteroatoms. The van der Waals surface area contributed by atoms with Gasteiger partial charge in [-0.05, 0) is 52.4 Å². The van der Waals surface area contributed by atoms with E-state index in [0.29, 0.717) is 45.4 Å². The van der Waals surface area contributed by atoms with Crippen LogP contribution in [0.4, 0.5) is 14.4 Å². The topological polar surface area (TPSA) is 134 Å². The van der Waals surface area contributed by atoms with Gasteiger partial charge >= 0.3 is 18.2 Å². The maximum Gasteiger partial charge on any atom is 0.406 e. The van der Waals surface area contributed by atoms with Crippen LogP contribution in [0.1, 0.15) is 117 Å². The summed E-state index contributed by atoms with van der Waals surface area (Å²) in [4.78, 5) is 59.8. The van der Waals surface area contributed by atoms with Gasteiger partial charge in [-0.15, -0.1) is 0 Å². The number of amides is 5. The molecule has 38 heavy (non-hydrogen) atoms. The average molecular weight is 541 g/mol. The molecule has 0 unspecified atom stereocenters. The van der Waals surface area contributed by atoms with Crippen molar-refractivity contribution in [3.05, 3.63) is 0 Å². The van der Waals surface area contributed by atoms with Gasteiger partial charge in [0.05, 0.1) is 7.11 Å². The number of methoxy groups -OCH3 is 1. The van der Waals surface area contributed by atoms with E-state index in [4.69, 9.17) is 0 Å². The van der Waals surface area contributed by atoms with Crippen molar-refractivity contribution in [3.8, 4) is 0 Å². The van der Waals surface area contributed by atoms with Crippen LogP contribution in [0.3, 0.4) is 0 Å². The van der Waals surface area contributed by atoms with Crippen molar-refractivity contribution in [2.45, 2.75) is 117 Å². The van der Waals surface area contributed by atoms with Gasteiger partial charge in [-0.2, -0.15) is 0 Å². The quantitative estimate of drug-likeness (QED) is 0.147. The van der Waals surface area contributed by atoms with Gasteiger partial charge in [0, 0.05) is 39.0 Å². The highest BCUT2D eigenvalue weighted by atomic mass is 16.5. The molecule has 0 heterocycles. The summed E-state index contributed by atoms with van der Waals surface area (Å²) in [7, 11) is 1.33. The summed E-state index contributed by atoms with van der Waals surface area (Å²) in [5.74, 6) is 0.441. The number of carbonyl (C=O) groups excluding carboxylic acids is 5. The minimum absolute atomic E-state index is 0.221. The Kier molecular flexibility index (Phi) is 23.0. The SMILES string of the molecule is COC(=O)NCCCCCCN(C(=O)NCCCCCCCC(C)=O)C(=O)NCCCCCCCC(C)=O. The number of ether oxygens (including phenoxy) is 1. The van der Waals surface area contributed by atoms with Gasteiger partial charge in [0.1, 0.15) is 11.6 Å². The molecule has 0 aromatic heterocycles. The first-order chi connectivity index (χ1) is 18.3. The maximum atomic E-state index is 12.8. The second-order valence-corrected chi connectivity index (χ2v) is 9.89. The third-order valence-corrected chi connectivity index (χ3v) is 6.22. The Bertz CT molecular complexity index is 644. The van der Waals surface area contributed by atoms with Gasteiger partial charge in [0.25, 0.3) is 0 Å². The first-order valence-corrected chi connectivity index (χ1v) is 14.4. The van der Waals surface area contributed by atoms with Crippen LogP contribution >= 0.6 is 0 Å². The molecule has 0 fully saturated rings. The molecule has 0 saturated heterocycles. The standard InChI is InChI=1S/C28H52N4O6/c1-24(33)18-12-6-4-8-14-20-29-26(35)32(23-17-11-10-16-22-31-28(37)38-3)27(36)30-21-15-9-5-7-13-19-25(2)34/h4-23H2,1-3H3,(H,29,35)(H,30,36)(H,31,37). The number of rotatable bonds is 23. The summed E-state index contributed by atoms with van der Waals surface area (Å²) in [6.45, 7) is 5.10. The monoisotopic (exact) mass is 540 g/mol. The number of nitrogens with zero attached hydrogens (tertiary/aromatic N) is 1. The predicted molar refractivity (Wildman–Crippen MR) is 149 cm³/mol. The second kappa shape index (κ2) is 24.7. The molecule has 0 aliphatic rings. The summed E-state index contributed by atoms with van der Waals surface area (Å²) in [6, 6.07) is -0.758. The van der Waals surface area contributed by atoms with Crippen LogP contribution in [0.15, 0.2) is 0 Å². The van der Waals surface area contributed by atoms with Gasteiger partial charge in [-0.1, -0.05) is 51.4 Å². The molecule has 0 rings (SSSR count). The van der Waals surface area contributed by atoms with Crippen LogP contribution < -0.4 is 16.0 Å². The normalized spacial score (nSPS) is 10.5. The number of urea groups is 2. The predicted octanol–water partition coefficient (Wildman–Crippen LogP) is 5.48. The molecule has 0 aromatic rings. The molecule has 0 bridgehead atoms. The number of nitrogens with one attached hydrogen (secondary N) is 3. The average Bonchev–Trinajstić information content (AvgIpc) is 2.87. The number of carbonyl (C=O) groups is 5. The van der Waals surface area contributed by atoms with Crippen LogP contribution in [0.2, 0.25) is 0 Å². The molecule has 0 saturated carbocycles. The summed E-state index contributed by atoms with van der Waals surface area (Å²) >= 11 is 0. The minimum Gasteiger partial charge on any atom is -0.453 e. The van der Waals surface area contributed by atoms with Crippen molar-refractivity contribution in [1.29, 1.82) is 0 Å². The van der Waals surface area contributed by atoms with E-state index in [1.54, 1.807) is 13.8 Å². The molecule has 220 valence electrons. The first kappa shape index (κ1) is 35.4. The number of hydrogen-bond acceptors (Lipinski definition) is 6. The van der Waals surface area contributed by atoms with Crippen LogP contribution in [-0.2, 0) is 14.3 Å². The third-order valence-electron chi connectivity index (χ3n) is 6.22. The van der Waals surface area contributed by atoms with Crippen LogP contribution in [0, 0.1) is 0 Å². The fourth-order valence-electron chi connectivity index (χ4n) is 3.95. The van der Waals surface area contributed by atoms with Crippen LogP contribution in [-0.4, -0.2) is 67.9 Å². The lowest BCUT2D eigenvalue weighted by Gasteiger charge is -2.22. The Morgan fingerprint density at radius 3 is 1.32 bits per heavy atom. The zero-order valence-corrected chi connectivity index (χ0v) is 24.0. The van der Waals surface area contributed by atoms with Gasteiger partial charge in [0.2, 0.25) is 0 Å². The van der Waals surface area contributed by atoms with Crippen LogP contribution in [0.25, 0.3) is 0 Å². The van der Waals surface area contributed by atoms with Gasteiger partial charge in [-0.25, -0.2) is 19.3 Å². The molecule has 0 atom stereocenters. The fraction of sp³-hybridized carbons (Fsp3) is 0.821. The fourth-order valence-corrected chi connectivity index (χ4v) is 3.95. The number of ketones is 2. The van der Waals surface area contributed by atoms with E-state index in [9.17, 15) is 24.0 Å². The van der Waals surface area contributed by atoms with E-state index in [1.165, 1.54) is 12.0 Å². The molecule has 0 aliphatic carbocycles. The lowest BCUT2D eigenvalue weighted by molar-refractivity contribution is -0.117. The van der Waals surface area contributed by atoms with Crippen molar-refractivity contribution >= 4 is 29.7 Å². The summed E-state index contributed by atoms with van der Waals surface area (Å²) in [5.41, 5.74) is 0. The Labute approximate surface area is 229 Å². The molecule has 10 nitrogen and oxygen atoms in total. The molecule has 0 aromatic carbocycles. The zero-order chi connectivity index (χ0) is 28.4. The largest absolute Gasteiger partial charge is 0.453 e. The summed E-state index contributed by atoms with van der Waals surface area (Å²) < 4.78 is 4.54. The van der Waals surface area contributed by atoms with Crippen molar-refractivity contribution in [2.75, 3.05) is 33.3 Å². The lowest BCUT2D eigenvalue weighted by atomic mass is 10.1. The van der Waals surface area contributed by atoms with Crippen molar-refractivity contribution in [3.63, 3.8) is 0 Å². The Morgan fingerprint density at radius 2 is 0.895 bits per heavy atom. The first-order valence-electron chi connectivity index (χ1n) is 14.4. The van der Waals surface area contributed by atoms with E-state index in [-0.39, 0.29) is 23.6 Å². The molecule has 0 radical (unpaired) electrons. The molecule has 0 spiro atoms. The van der Waals surface area contributed by atoms with Crippen molar-refractivity contribution < 1.29 is 28.7 Å². The number of Topliss-reactive ketones (excluding diaryl/α,β-unsaturated/α-hetero) is 2. The van der Waals surface area contributed by atoms with Crippen LogP contribution in [0.5, 0.6) is 0 Å². The van der Waals surface area contributed by atoms with E-state index >= 15 is 0 Å². The number of imide groups is 1. The number of hydrogen-bond donors (Lipinski definition) is 3. The van der Waals surface area contributed by atoms with Crippen molar-refractivity contribution in [1.82, 2.24) is 20.9 Å². The molecular weight excluding hydrogens is 488 g/mol. The smallest absolute Gasteiger partial charge is 0.406 e. The van der Waals surface area contributed by atoms with E-state index < -0.39 is 6.09 Å². The summed E-state index contributed by atoms with van der Waals surface area (Å²) in [6.07, 6.45) is 13.5. The Hall–Kier alpha value is -2.65. The van der Waals surface area contributed by atoms with Gasteiger partial charge in [0.15, 0.2) is 0 Å². The molecule has 5 amide bonds. The highest BCUT2D eigenvalue weighted by Gasteiger charge is 2.20. The number of unbranched alkanes of at least 4 members (excludes halogenated alkanes) is 11. The van der Waals surface area contributed by atoms with E-state index in [0.717, 1.165) is 83.5 Å². The summed E-state index contributed by atoms with van der Waals surface area (Å²) in [5, 5.41) is 8.38. The lowest BCUT2D eigenvalue weighted by Crippen LogP contribution is -2.49. The Balaban J connectivity index is 4.35. The van der Waals surface area contributed by atoms with Gasteiger partial charge in [-0.3, -0.25) is 0 Å². The molecule has 0 aliphatic heterocycles. The maximum absolute atomic E-state index is 12.8. The number of alkyl carbamates (subject to hydrolysis) is 1. The third kappa shape index (κ3) is 22.5. The highest BCUT2D eigenvalue weighted by molar-refractivity contribution is 5.93.